The molecule has 190 valence electrons. The van der Waals surface area contributed by atoms with Crippen molar-refractivity contribution in [2.24, 2.45) is 5.92 Å². The average Bonchev–Trinajstić information content (AvgIpc) is 2.86. The number of nitro benzene ring substituents is 1. The summed E-state index contributed by atoms with van der Waals surface area (Å²) in [7, 11) is -2.77. The van der Waals surface area contributed by atoms with E-state index in [1.54, 1.807) is 50.2 Å². The number of nitrogens with zero attached hydrogens (tertiary/aromatic N) is 1. The molecule has 9 nitrogen and oxygen atoms in total. The van der Waals surface area contributed by atoms with Crippen molar-refractivity contribution in [3.05, 3.63) is 88.2 Å². The lowest BCUT2D eigenvalue weighted by atomic mass is 10.1. The molecule has 0 radical (unpaired) electrons. The highest BCUT2D eigenvalue weighted by Gasteiger charge is 2.29. The van der Waals surface area contributed by atoms with Gasteiger partial charge in [0.05, 0.1) is 16.9 Å². The van der Waals surface area contributed by atoms with Gasteiger partial charge in [-0.05, 0) is 47.4 Å². The third-order valence-corrected chi connectivity index (χ3v) is 6.89. The van der Waals surface area contributed by atoms with Gasteiger partial charge in [0.15, 0.2) is 0 Å². The second-order valence-corrected chi connectivity index (χ2v) is 9.91. The lowest BCUT2D eigenvalue weighted by Crippen LogP contribution is -2.44. The Balaban J connectivity index is 1.71. The number of benzene rings is 3. The molecule has 0 heterocycles. The second kappa shape index (κ2) is 11.3. The third-order valence-electron chi connectivity index (χ3n) is 5.43. The van der Waals surface area contributed by atoms with Crippen LogP contribution in [0.2, 0.25) is 0 Å². The zero-order valence-electron chi connectivity index (χ0n) is 19.8. The van der Waals surface area contributed by atoms with Crippen LogP contribution < -0.4 is 9.46 Å². The van der Waals surface area contributed by atoms with E-state index in [0.717, 1.165) is 17.2 Å². The van der Waals surface area contributed by atoms with Crippen molar-refractivity contribution in [1.29, 1.82) is 0 Å². The normalized spacial score (nSPS) is 12.2. The first-order valence-electron chi connectivity index (χ1n) is 10.9. The summed E-state index contributed by atoms with van der Waals surface area (Å²) in [5, 5.41) is 11.1. The van der Waals surface area contributed by atoms with Crippen molar-refractivity contribution in [3.63, 3.8) is 0 Å². The number of halogens is 1. The summed E-state index contributed by atoms with van der Waals surface area (Å²) >= 11 is 0. The fourth-order valence-corrected chi connectivity index (χ4v) is 4.74. The molecule has 0 aliphatic heterocycles. The lowest BCUT2D eigenvalue weighted by molar-refractivity contribution is -0.386. The van der Waals surface area contributed by atoms with E-state index in [-0.39, 0.29) is 28.7 Å². The minimum atomic E-state index is -3.96. The van der Waals surface area contributed by atoms with Crippen LogP contribution in [0.3, 0.4) is 0 Å². The Morgan fingerprint density at radius 1 is 1.03 bits per heavy atom. The topological polar surface area (TPSA) is 125 Å². The van der Waals surface area contributed by atoms with Gasteiger partial charge in [0.25, 0.3) is 5.69 Å². The monoisotopic (exact) mass is 516 g/mol. The number of nitrogens with one attached hydrogen (secondary N) is 1. The first-order valence-corrected chi connectivity index (χ1v) is 12.4. The number of hydrogen-bond donors (Lipinski definition) is 1. The third kappa shape index (κ3) is 6.23. The van der Waals surface area contributed by atoms with Gasteiger partial charge in [-0.3, -0.25) is 14.9 Å². The number of carbonyl (C=O) groups excluding carboxylic acids is 1. The summed E-state index contributed by atoms with van der Waals surface area (Å²) in [6, 6.07) is 15.4. The summed E-state index contributed by atoms with van der Waals surface area (Å²) in [6.07, 6.45) is 0. The van der Waals surface area contributed by atoms with Crippen LogP contribution in [0.4, 0.5) is 10.1 Å². The quantitative estimate of drug-likeness (QED) is 0.240. The van der Waals surface area contributed by atoms with E-state index in [1.807, 2.05) is 0 Å². The summed E-state index contributed by atoms with van der Waals surface area (Å²) < 4.78 is 52.1. The van der Waals surface area contributed by atoms with E-state index >= 15 is 0 Å². The molecule has 36 heavy (non-hydrogen) atoms. The molecule has 3 aromatic carbocycles. The maximum atomic E-state index is 14.0. The first-order chi connectivity index (χ1) is 17.0. The lowest BCUT2D eigenvalue weighted by Gasteiger charge is -2.19. The molecule has 1 N–H and O–H groups in total. The number of sulfonamides is 1. The van der Waals surface area contributed by atoms with Gasteiger partial charge >= 0.3 is 5.97 Å². The number of rotatable bonds is 10. The molecule has 11 heteroatoms. The molecule has 0 bridgehead atoms. The fourth-order valence-electron chi connectivity index (χ4n) is 3.41. The summed E-state index contributed by atoms with van der Waals surface area (Å²) in [5.41, 5.74) is 0.968. The van der Waals surface area contributed by atoms with Gasteiger partial charge < -0.3 is 9.47 Å². The van der Waals surface area contributed by atoms with Crippen LogP contribution in [-0.2, 0) is 26.2 Å². The number of nitro groups is 1. The Morgan fingerprint density at radius 3 is 2.14 bits per heavy atom. The zero-order valence-corrected chi connectivity index (χ0v) is 20.6. The Morgan fingerprint density at radius 2 is 1.61 bits per heavy atom. The molecule has 0 spiro atoms. The SMILES string of the molecule is COC(=O)C(NS(=O)(=O)c1ccc(-c2ccc(OCc3c(F)cccc3[N+](=O)[O-])cc2)cc1)C(C)C. The predicted octanol–water partition coefficient (Wildman–Crippen LogP) is 4.46. The highest BCUT2D eigenvalue weighted by atomic mass is 32.2. The van der Waals surface area contributed by atoms with Crippen molar-refractivity contribution in [1.82, 2.24) is 4.72 Å². The average molecular weight is 517 g/mol. The number of esters is 1. The van der Waals surface area contributed by atoms with Crippen LogP contribution in [0.25, 0.3) is 11.1 Å². The van der Waals surface area contributed by atoms with Gasteiger partial charge in [-0.1, -0.05) is 44.2 Å². The van der Waals surface area contributed by atoms with Crippen LogP contribution in [0.5, 0.6) is 5.75 Å². The fraction of sp³-hybridized carbons (Fsp3) is 0.240. The highest BCUT2D eigenvalue weighted by molar-refractivity contribution is 7.89. The predicted molar refractivity (Wildman–Crippen MR) is 130 cm³/mol. The molecule has 0 saturated carbocycles. The van der Waals surface area contributed by atoms with Crippen molar-refractivity contribution < 1.29 is 32.0 Å². The van der Waals surface area contributed by atoms with Gasteiger partial charge in [0.1, 0.15) is 29.8 Å². The molecule has 0 aliphatic carbocycles. The maximum Gasteiger partial charge on any atom is 0.324 e. The summed E-state index contributed by atoms with van der Waals surface area (Å²) in [6.45, 7) is 3.10. The highest BCUT2D eigenvalue weighted by Crippen LogP contribution is 2.26. The minimum absolute atomic E-state index is 0.00719. The van der Waals surface area contributed by atoms with Crippen LogP contribution in [0.15, 0.2) is 71.6 Å². The van der Waals surface area contributed by atoms with E-state index in [0.29, 0.717) is 5.75 Å². The van der Waals surface area contributed by atoms with Gasteiger partial charge in [0, 0.05) is 6.07 Å². The van der Waals surface area contributed by atoms with Crippen molar-refractivity contribution in [2.75, 3.05) is 7.11 Å². The van der Waals surface area contributed by atoms with E-state index in [9.17, 15) is 27.7 Å². The number of ether oxygens (including phenoxy) is 2. The van der Waals surface area contributed by atoms with E-state index in [1.165, 1.54) is 31.4 Å². The molecule has 0 amide bonds. The second-order valence-electron chi connectivity index (χ2n) is 8.20. The van der Waals surface area contributed by atoms with E-state index < -0.39 is 32.8 Å². The Kier molecular flexibility index (Phi) is 8.38. The van der Waals surface area contributed by atoms with Crippen LogP contribution >= 0.6 is 0 Å². The molecular formula is C25H25FN2O7S. The van der Waals surface area contributed by atoms with Crippen LogP contribution in [0, 0.1) is 21.8 Å². The van der Waals surface area contributed by atoms with Gasteiger partial charge in [-0.2, -0.15) is 4.72 Å². The van der Waals surface area contributed by atoms with Crippen molar-refractivity contribution in [2.45, 2.75) is 31.4 Å². The molecule has 0 fully saturated rings. The first kappa shape index (κ1) is 26.8. The number of hydrogen-bond acceptors (Lipinski definition) is 7. The molecular weight excluding hydrogens is 491 g/mol. The largest absolute Gasteiger partial charge is 0.489 e. The van der Waals surface area contributed by atoms with Gasteiger partial charge in [0.2, 0.25) is 10.0 Å². The minimum Gasteiger partial charge on any atom is -0.489 e. The van der Waals surface area contributed by atoms with Gasteiger partial charge in [-0.15, -0.1) is 0 Å². The molecule has 1 unspecified atom stereocenters. The number of methoxy groups -OCH3 is 1. The van der Waals surface area contributed by atoms with Gasteiger partial charge in [-0.25, -0.2) is 12.8 Å². The molecule has 0 aliphatic rings. The van der Waals surface area contributed by atoms with E-state index in [4.69, 9.17) is 4.74 Å². The number of carbonyl (C=O) groups is 1. The standard InChI is InChI=1S/C25H25FN2O7S/c1-16(2)24(25(29)34-3)27-36(32,33)20-13-9-18(10-14-20)17-7-11-19(12-8-17)35-15-21-22(26)5-4-6-23(21)28(30)31/h4-14,16,24,27H,15H2,1-3H3. The Labute approximate surface area is 208 Å². The molecule has 0 aromatic heterocycles. The van der Waals surface area contributed by atoms with Crippen LogP contribution in [-0.4, -0.2) is 32.5 Å². The van der Waals surface area contributed by atoms with Crippen LogP contribution in [0.1, 0.15) is 19.4 Å². The Bertz CT molecular complexity index is 1340. The molecule has 3 aromatic rings. The molecule has 1 atom stereocenters. The Hall–Kier alpha value is -3.83. The zero-order chi connectivity index (χ0) is 26.5. The summed E-state index contributed by atoms with van der Waals surface area (Å²) in [5.74, 6) is -1.33. The van der Waals surface area contributed by atoms with Crippen molar-refractivity contribution in [3.8, 4) is 16.9 Å². The molecule has 3 rings (SSSR count). The maximum absolute atomic E-state index is 14.0. The van der Waals surface area contributed by atoms with E-state index in [2.05, 4.69) is 9.46 Å². The van der Waals surface area contributed by atoms with Crippen molar-refractivity contribution >= 4 is 21.7 Å². The smallest absolute Gasteiger partial charge is 0.324 e. The molecule has 0 saturated heterocycles. The summed E-state index contributed by atoms with van der Waals surface area (Å²) in [4.78, 5) is 22.4.